The van der Waals surface area contributed by atoms with Gasteiger partial charge in [0.2, 0.25) is 0 Å². The van der Waals surface area contributed by atoms with Crippen molar-refractivity contribution >= 4 is 0 Å². The van der Waals surface area contributed by atoms with Crippen LogP contribution in [0.1, 0.15) is 65.2 Å². The van der Waals surface area contributed by atoms with Gasteiger partial charge in [-0.3, -0.25) is 0 Å². The van der Waals surface area contributed by atoms with Gasteiger partial charge in [-0.25, -0.2) is 9.67 Å². The highest BCUT2D eigenvalue weighted by Crippen LogP contribution is 2.46. The number of nitrogens with zero attached hydrogens (tertiary/aromatic N) is 4. The minimum Gasteiger partial charge on any atom is -0.248 e. The third-order valence-electron chi connectivity index (χ3n) is 4.43. The molecule has 0 atom stereocenters. The highest BCUT2D eigenvalue weighted by Gasteiger charge is 2.39. The van der Waals surface area contributed by atoms with Crippen LogP contribution in [0.4, 0.5) is 0 Å². The van der Waals surface area contributed by atoms with Crippen LogP contribution in [0.25, 0.3) is 0 Å². The third kappa shape index (κ3) is 2.97. The van der Waals surface area contributed by atoms with Crippen molar-refractivity contribution in [2.75, 3.05) is 0 Å². The molecule has 0 amide bonds. The first kappa shape index (κ1) is 14.0. The van der Waals surface area contributed by atoms with Crippen molar-refractivity contribution in [3.8, 4) is 6.07 Å². The standard InChI is InChI=1S/C15H24N4/c1-12(2)19-13(17-11-18-19)9-15(10-16)7-5-14(3,4)6-8-15/h11-12H,5-9H2,1-4H3. The van der Waals surface area contributed by atoms with Gasteiger partial charge in [-0.05, 0) is 44.9 Å². The topological polar surface area (TPSA) is 54.5 Å². The summed E-state index contributed by atoms with van der Waals surface area (Å²) in [7, 11) is 0. The van der Waals surface area contributed by atoms with Crippen LogP contribution in [-0.2, 0) is 6.42 Å². The van der Waals surface area contributed by atoms with Gasteiger partial charge in [0.05, 0.1) is 11.5 Å². The molecule has 0 N–H and O–H groups in total. The molecule has 19 heavy (non-hydrogen) atoms. The zero-order chi connectivity index (χ0) is 14.1. The van der Waals surface area contributed by atoms with Gasteiger partial charge in [0.15, 0.2) is 0 Å². The van der Waals surface area contributed by atoms with Crippen LogP contribution in [0.15, 0.2) is 6.33 Å². The van der Waals surface area contributed by atoms with Crippen LogP contribution < -0.4 is 0 Å². The lowest BCUT2D eigenvalue weighted by atomic mass is 9.64. The summed E-state index contributed by atoms with van der Waals surface area (Å²) in [4.78, 5) is 4.36. The lowest BCUT2D eigenvalue weighted by Gasteiger charge is -2.39. The maximum atomic E-state index is 9.63. The molecule has 0 unspecified atom stereocenters. The molecule has 0 spiro atoms. The molecule has 0 bridgehead atoms. The van der Waals surface area contributed by atoms with E-state index in [9.17, 15) is 5.26 Å². The zero-order valence-corrected chi connectivity index (χ0v) is 12.5. The Labute approximate surface area is 115 Å². The fraction of sp³-hybridized carbons (Fsp3) is 0.800. The van der Waals surface area contributed by atoms with Crippen molar-refractivity contribution in [3.05, 3.63) is 12.2 Å². The van der Waals surface area contributed by atoms with Gasteiger partial charge >= 0.3 is 0 Å². The van der Waals surface area contributed by atoms with E-state index in [2.05, 4.69) is 43.8 Å². The molecular weight excluding hydrogens is 236 g/mol. The summed E-state index contributed by atoms with van der Waals surface area (Å²) >= 11 is 0. The van der Waals surface area contributed by atoms with Gasteiger partial charge in [-0.2, -0.15) is 10.4 Å². The fourth-order valence-corrected chi connectivity index (χ4v) is 2.87. The van der Waals surface area contributed by atoms with E-state index in [1.165, 1.54) is 0 Å². The third-order valence-corrected chi connectivity index (χ3v) is 4.43. The van der Waals surface area contributed by atoms with E-state index >= 15 is 0 Å². The van der Waals surface area contributed by atoms with Gasteiger partial charge in [-0.1, -0.05) is 13.8 Å². The maximum Gasteiger partial charge on any atom is 0.138 e. The van der Waals surface area contributed by atoms with Crippen molar-refractivity contribution in [2.45, 2.75) is 65.8 Å². The number of rotatable bonds is 3. The highest BCUT2D eigenvalue weighted by atomic mass is 15.3. The molecule has 4 nitrogen and oxygen atoms in total. The fourth-order valence-electron chi connectivity index (χ4n) is 2.87. The molecule has 1 aliphatic carbocycles. The molecule has 1 fully saturated rings. The highest BCUT2D eigenvalue weighted by molar-refractivity contribution is 5.08. The molecule has 0 saturated heterocycles. The average molecular weight is 260 g/mol. The van der Waals surface area contributed by atoms with E-state index in [0.29, 0.717) is 11.5 Å². The normalized spacial score (nSPS) is 21.3. The molecular formula is C15H24N4. The quantitative estimate of drug-likeness (QED) is 0.835. The predicted molar refractivity (Wildman–Crippen MR) is 74.4 cm³/mol. The molecule has 0 radical (unpaired) electrons. The smallest absolute Gasteiger partial charge is 0.138 e. The van der Waals surface area contributed by atoms with E-state index < -0.39 is 0 Å². The maximum absolute atomic E-state index is 9.63. The van der Waals surface area contributed by atoms with Gasteiger partial charge in [0.1, 0.15) is 12.2 Å². The second kappa shape index (κ2) is 4.96. The molecule has 1 aliphatic rings. The van der Waals surface area contributed by atoms with Crippen LogP contribution in [0.2, 0.25) is 0 Å². The number of hydrogen-bond acceptors (Lipinski definition) is 3. The minimum absolute atomic E-state index is 0.241. The van der Waals surface area contributed by atoms with E-state index in [1.807, 2.05) is 4.68 Å². The van der Waals surface area contributed by atoms with Crippen molar-refractivity contribution < 1.29 is 0 Å². The monoisotopic (exact) mass is 260 g/mol. The summed E-state index contributed by atoms with van der Waals surface area (Å²) in [5.74, 6) is 0.955. The Kier molecular flexibility index (Phi) is 3.66. The SMILES string of the molecule is CC(C)n1ncnc1CC1(C#N)CCC(C)(C)CC1. The van der Waals surface area contributed by atoms with Crippen LogP contribution in [0.5, 0.6) is 0 Å². The summed E-state index contributed by atoms with van der Waals surface area (Å²) < 4.78 is 1.94. The molecule has 4 heteroatoms. The van der Waals surface area contributed by atoms with Crippen LogP contribution >= 0.6 is 0 Å². The van der Waals surface area contributed by atoms with Gasteiger partial charge < -0.3 is 0 Å². The Morgan fingerprint density at radius 2 is 1.95 bits per heavy atom. The largest absolute Gasteiger partial charge is 0.248 e. The second-order valence-electron chi connectivity index (χ2n) is 6.95. The Bertz CT molecular complexity index is 469. The first-order valence-electron chi connectivity index (χ1n) is 7.17. The summed E-state index contributed by atoms with van der Waals surface area (Å²) in [5.41, 5.74) is 0.140. The molecule has 0 aromatic carbocycles. The van der Waals surface area contributed by atoms with E-state index in [4.69, 9.17) is 0 Å². The molecule has 1 aromatic rings. The van der Waals surface area contributed by atoms with Crippen molar-refractivity contribution in [3.63, 3.8) is 0 Å². The van der Waals surface area contributed by atoms with Crippen LogP contribution in [-0.4, -0.2) is 14.8 Å². The van der Waals surface area contributed by atoms with E-state index in [-0.39, 0.29) is 5.41 Å². The summed E-state index contributed by atoms with van der Waals surface area (Å²) in [5, 5.41) is 13.9. The van der Waals surface area contributed by atoms with Crippen molar-refractivity contribution in [1.29, 1.82) is 5.26 Å². The lowest BCUT2D eigenvalue weighted by molar-refractivity contribution is 0.142. The molecule has 1 heterocycles. The number of nitriles is 1. The van der Waals surface area contributed by atoms with Gasteiger partial charge in [-0.15, -0.1) is 0 Å². The Morgan fingerprint density at radius 3 is 2.47 bits per heavy atom. The second-order valence-corrected chi connectivity index (χ2v) is 6.95. The lowest BCUT2D eigenvalue weighted by Crippen LogP contribution is -2.33. The predicted octanol–water partition coefficient (Wildman–Crippen LogP) is 3.51. The molecule has 2 rings (SSSR count). The van der Waals surface area contributed by atoms with E-state index in [1.54, 1.807) is 6.33 Å². The van der Waals surface area contributed by atoms with Crippen molar-refractivity contribution in [2.24, 2.45) is 10.8 Å². The summed E-state index contributed by atoms with van der Waals surface area (Å²) in [6.45, 7) is 8.79. The van der Waals surface area contributed by atoms with Gasteiger partial charge in [0, 0.05) is 12.5 Å². The first-order chi connectivity index (χ1) is 8.87. The number of aromatic nitrogens is 3. The average Bonchev–Trinajstić information content (AvgIpc) is 2.80. The first-order valence-corrected chi connectivity index (χ1v) is 7.17. The zero-order valence-electron chi connectivity index (χ0n) is 12.5. The molecule has 104 valence electrons. The molecule has 1 saturated carbocycles. The summed E-state index contributed by atoms with van der Waals surface area (Å²) in [6, 6.07) is 2.88. The Hall–Kier alpha value is -1.37. The van der Waals surface area contributed by atoms with E-state index in [0.717, 1.165) is 37.9 Å². The van der Waals surface area contributed by atoms with Crippen LogP contribution in [0, 0.1) is 22.2 Å². The van der Waals surface area contributed by atoms with Gasteiger partial charge in [0.25, 0.3) is 0 Å². The Morgan fingerprint density at radius 1 is 1.32 bits per heavy atom. The molecule has 1 aromatic heterocycles. The Balaban J connectivity index is 2.16. The van der Waals surface area contributed by atoms with Crippen LogP contribution in [0.3, 0.4) is 0 Å². The molecule has 0 aliphatic heterocycles. The number of hydrogen-bond donors (Lipinski definition) is 0. The summed E-state index contributed by atoms with van der Waals surface area (Å²) in [6.07, 6.45) is 6.53. The minimum atomic E-state index is -0.241. The van der Waals surface area contributed by atoms with Crippen molar-refractivity contribution in [1.82, 2.24) is 14.8 Å².